The number of carbonyl (C=O) groups excluding carboxylic acids is 3. The number of hydrogen-bond donors (Lipinski definition) is 0. The maximum Gasteiger partial charge on any atom is 0.334 e. The molecule has 27 heavy (non-hydrogen) atoms. The number of epoxide rings is 1. The molecule has 0 radical (unpaired) electrons. The van der Waals surface area contributed by atoms with Crippen molar-refractivity contribution in [2.45, 2.75) is 63.6 Å². The van der Waals surface area contributed by atoms with E-state index >= 15 is 0 Å². The van der Waals surface area contributed by atoms with Crippen molar-refractivity contribution >= 4 is 17.9 Å². The Balaban J connectivity index is 1.71. The SMILES string of the molecule is C=C1C(=O)O[C@H]2[C@H]1[C@@H](OC(=O)C=C(C)C)CC1=C[C@@H](C[C@@]3(C)O[C@@H]23)OC1=O. The largest absolute Gasteiger partial charge is 0.458 e. The molecule has 2 fully saturated rings. The van der Waals surface area contributed by atoms with Crippen LogP contribution in [0.1, 0.15) is 33.6 Å². The minimum absolute atomic E-state index is 0.137. The van der Waals surface area contributed by atoms with Crippen molar-refractivity contribution in [2.75, 3.05) is 0 Å². The lowest BCUT2D eigenvalue weighted by molar-refractivity contribution is -0.149. The van der Waals surface area contributed by atoms with Gasteiger partial charge in [-0.05, 0) is 26.8 Å². The molecule has 0 aromatic rings. The van der Waals surface area contributed by atoms with Crippen LogP contribution >= 0.6 is 0 Å². The zero-order valence-corrected chi connectivity index (χ0v) is 15.5. The maximum absolute atomic E-state index is 12.3. The van der Waals surface area contributed by atoms with E-state index in [2.05, 4.69) is 6.58 Å². The third-order valence-corrected chi connectivity index (χ3v) is 5.51. The predicted octanol–water partition coefficient (Wildman–Crippen LogP) is 1.77. The molecule has 0 aromatic carbocycles. The molecule has 0 unspecified atom stereocenters. The van der Waals surface area contributed by atoms with E-state index in [1.54, 1.807) is 19.9 Å². The van der Waals surface area contributed by atoms with E-state index in [1.165, 1.54) is 6.08 Å². The van der Waals surface area contributed by atoms with Crippen molar-refractivity contribution in [3.63, 3.8) is 0 Å². The summed E-state index contributed by atoms with van der Waals surface area (Å²) in [7, 11) is 0. The van der Waals surface area contributed by atoms with Gasteiger partial charge in [-0.2, -0.15) is 0 Å². The number of ether oxygens (including phenoxy) is 4. The molecule has 6 atom stereocenters. The van der Waals surface area contributed by atoms with Gasteiger partial charge >= 0.3 is 17.9 Å². The monoisotopic (exact) mass is 374 g/mol. The minimum atomic E-state index is -0.777. The van der Waals surface area contributed by atoms with Gasteiger partial charge < -0.3 is 18.9 Å². The summed E-state index contributed by atoms with van der Waals surface area (Å²) >= 11 is 0. The van der Waals surface area contributed by atoms with Gasteiger partial charge in [0.15, 0.2) is 0 Å². The molecule has 2 bridgehead atoms. The summed E-state index contributed by atoms with van der Waals surface area (Å²) in [4.78, 5) is 36.7. The fourth-order valence-corrected chi connectivity index (χ4v) is 4.20. The van der Waals surface area contributed by atoms with Crippen molar-refractivity contribution in [1.29, 1.82) is 0 Å². The second-order valence-electron chi connectivity index (χ2n) is 8.01. The Labute approximate surface area is 157 Å². The van der Waals surface area contributed by atoms with Gasteiger partial charge in [0.1, 0.15) is 24.4 Å². The minimum Gasteiger partial charge on any atom is -0.458 e. The highest BCUT2D eigenvalue weighted by Crippen LogP contribution is 2.51. The van der Waals surface area contributed by atoms with Crippen LogP contribution in [-0.4, -0.2) is 47.9 Å². The molecule has 0 amide bonds. The second kappa shape index (κ2) is 6.05. The average Bonchev–Trinajstić information content (AvgIpc) is 2.95. The van der Waals surface area contributed by atoms with E-state index in [0.717, 1.165) is 5.57 Å². The quantitative estimate of drug-likeness (QED) is 0.315. The van der Waals surface area contributed by atoms with Crippen molar-refractivity contribution in [2.24, 2.45) is 5.92 Å². The van der Waals surface area contributed by atoms with Crippen LogP contribution < -0.4 is 0 Å². The molecule has 144 valence electrons. The van der Waals surface area contributed by atoms with E-state index in [1.807, 2.05) is 6.92 Å². The molecule has 4 rings (SSSR count). The maximum atomic E-state index is 12.3. The van der Waals surface area contributed by atoms with Gasteiger partial charge in [0, 0.05) is 30.1 Å². The fourth-order valence-electron chi connectivity index (χ4n) is 4.20. The average molecular weight is 374 g/mol. The van der Waals surface area contributed by atoms with Crippen molar-refractivity contribution in [1.82, 2.24) is 0 Å². The predicted molar refractivity (Wildman–Crippen MR) is 92.3 cm³/mol. The first-order valence-electron chi connectivity index (χ1n) is 9.03. The number of fused-ring (bicyclic) bond motifs is 4. The molecule has 0 aromatic heterocycles. The number of allylic oxidation sites excluding steroid dienone is 1. The van der Waals surface area contributed by atoms with E-state index in [0.29, 0.717) is 12.0 Å². The third kappa shape index (κ3) is 3.10. The first-order chi connectivity index (χ1) is 12.7. The van der Waals surface area contributed by atoms with Crippen molar-refractivity contribution < 1.29 is 33.3 Å². The normalized spacial score (nSPS) is 39.4. The molecule has 0 spiro atoms. The second-order valence-corrected chi connectivity index (χ2v) is 8.01. The van der Waals surface area contributed by atoms with E-state index in [4.69, 9.17) is 18.9 Å². The molecule has 7 heteroatoms. The van der Waals surface area contributed by atoms with Gasteiger partial charge in [-0.1, -0.05) is 12.2 Å². The first kappa shape index (κ1) is 18.0. The highest BCUT2D eigenvalue weighted by Gasteiger charge is 2.65. The fraction of sp³-hybridized carbons (Fsp3) is 0.550. The molecule has 4 aliphatic rings. The van der Waals surface area contributed by atoms with Crippen LogP contribution in [0.5, 0.6) is 0 Å². The van der Waals surface area contributed by atoms with Crippen molar-refractivity contribution in [3.05, 3.63) is 35.5 Å². The Kier molecular flexibility index (Phi) is 4.03. The zero-order valence-electron chi connectivity index (χ0n) is 15.5. The highest BCUT2D eigenvalue weighted by molar-refractivity contribution is 5.93. The number of rotatable bonds is 2. The van der Waals surface area contributed by atoms with Crippen LogP contribution in [0.4, 0.5) is 0 Å². The summed E-state index contributed by atoms with van der Waals surface area (Å²) in [5.74, 6) is -2.07. The first-order valence-corrected chi connectivity index (χ1v) is 9.03. The number of hydrogen-bond acceptors (Lipinski definition) is 7. The summed E-state index contributed by atoms with van der Waals surface area (Å²) in [5.41, 5.74) is 0.878. The van der Waals surface area contributed by atoms with Crippen LogP contribution in [0.15, 0.2) is 35.5 Å². The van der Waals surface area contributed by atoms with E-state index in [9.17, 15) is 14.4 Å². The Morgan fingerprint density at radius 1 is 1.30 bits per heavy atom. The molecule has 1 aliphatic carbocycles. The molecule has 0 saturated carbocycles. The lowest BCUT2D eigenvalue weighted by atomic mass is 9.82. The van der Waals surface area contributed by atoms with Crippen LogP contribution in [0.25, 0.3) is 0 Å². The molecule has 3 heterocycles. The van der Waals surface area contributed by atoms with E-state index in [-0.39, 0.29) is 18.1 Å². The summed E-state index contributed by atoms with van der Waals surface area (Å²) < 4.78 is 22.4. The Morgan fingerprint density at radius 2 is 2.04 bits per heavy atom. The molecule has 0 N–H and O–H groups in total. The molecular formula is C20H22O7. The van der Waals surface area contributed by atoms with Crippen LogP contribution in [0, 0.1) is 5.92 Å². The number of carbonyl (C=O) groups is 3. The topological polar surface area (TPSA) is 91.4 Å². The third-order valence-electron chi connectivity index (χ3n) is 5.51. The number of esters is 3. The standard InChI is InChI=1S/C20H22O7/c1-9(2)5-14(21)25-13-7-11-6-12(24-19(11)23)8-20(4)17(27-20)16-15(13)10(3)18(22)26-16/h5-6,12-13,15-17H,3,7-8H2,1-2,4H3/t12-,13-,15+,16-,17-,20+/m0/s1. The molecular weight excluding hydrogens is 352 g/mol. The Hall–Kier alpha value is -2.41. The highest BCUT2D eigenvalue weighted by atomic mass is 16.7. The summed E-state index contributed by atoms with van der Waals surface area (Å²) in [5, 5.41) is 0. The van der Waals surface area contributed by atoms with Gasteiger partial charge in [0.05, 0.1) is 11.5 Å². The molecule has 2 saturated heterocycles. The smallest absolute Gasteiger partial charge is 0.334 e. The Morgan fingerprint density at radius 3 is 2.74 bits per heavy atom. The molecule has 3 aliphatic heterocycles. The van der Waals surface area contributed by atoms with Crippen LogP contribution in [0.2, 0.25) is 0 Å². The van der Waals surface area contributed by atoms with Gasteiger partial charge in [-0.15, -0.1) is 0 Å². The van der Waals surface area contributed by atoms with Crippen LogP contribution in [-0.2, 0) is 33.3 Å². The van der Waals surface area contributed by atoms with Gasteiger partial charge in [-0.3, -0.25) is 0 Å². The summed E-state index contributed by atoms with van der Waals surface area (Å²) in [6.45, 7) is 9.31. The summed E-state index contributed by atoms with van der Waals surface area (Å²) in [6, 6.07) is 0. The Bertz CT molecular complexity index is 803. The van der Waals surface area contributed by atoms with Crippen LogP contribution in [0.3, 0.4) is 0 Å². The zero-order chi connectivity index (χ0) is 19.5. The van der Waals surface area contributed by atoms with E-state index < -0.39 is 47.7 Å². The summed E-state index contributed by atoms with van der Waals surface area (Å²) in [6.07, 6.45) is 1.62. The van der Waals surface area contributed by atoms with Gasteiger partial charge in [0.2, 0.25) is 0 Å². The molecule has 7 nitrogen and oxygen atoms in total. The van der Waals surface area contributed by atoms with Gasteiger partial charge in [0.25, 0.3) is 0 Å². The lowest BCUT2D eigenvalue weighted by Crippen LogP contribution is -2.38. The lowest BCUT2D eigenvalue weighted by Gasteiger charge is -2.26. The van der Waals surface area contributed by atoms with Crippen molar-refractivity contribution in [3.8, 4) is 0 Å². The van der Waals surface area contributed by atoms with Gasteiger partial charge in [-0.25, -0.2) is 14.4 Å².